The molecule has 1 saturated heterocycles. The Morgan fingerprint density at radius 3 is 2.96 bits per heavy atom. The summed E-state index contributed by atoms with van der Waals surface area (Å²) in [5.41, 5.74) is 0. The van der Waals surface area contributed by atoms with Gasteiger partial charge in [-0.05, 0) is 24.3 Å². The van der Waals surface area contributed by atoms with Crippen molar-refractivity contribution < 1.29 is 14.7 Å². The Bertz CT molecular complexity index is 654. The first-order chi connectivity index (χ1) is 11.2. The van der Waals surface area contributed by atoms with Gasteiger partial charge in [-0.25, -0.2) is 4.98 Å². The van der Waals surface area contributed by atoms with Gasteiger partial charge in [0, 0.05) is 36.8 Å². The molecule has 1 N–H and O–H groups in total. The van der Waals surface area contributed by atoms with Crippen LogP contribution in [0.4, 0.5) is 0 Å². The highest BCUT2D eigenvalue weighted by atomic mass is 32.1. The number of hydrogen-bond acceptors (Lipinski definition) is 4. The smallest absolute Gasteiger partial charge is 0.308 e. The average molecular weight is 333 g/mol. The zero-order valence-corrected chi connectivity index (χ0v) is 13.5. The lowest BCUT2D eigenvalue weighted by atomic mass is 9.87. The topological polar surface area (TPSA) is 75.4 Å². The van der Waals surface area contributed by atoms with E-state index in [0.717, 1.165) is 17.8 Å². The van der Waals surface area contributed by atoms with E-state index in [1.807, 2.05) is 28.3 Å². The number of carboxylic acids is 1. The van der Waals surface area contributed by atoms with Crippen molar-refractivity contribution in [3.63, 3.8) is 0 Å². The van der Waals surface area contributed by atoms with Crippen LogP contribution >= 0.6 is 11.3 Å². The van der Waals surface area contributed by atoms with E-state index >= 15 is 0 Å². The molecule has 3 rings (SSSR count). The average Bonchev–Trinajstić information content (AvgIpc) is 3.21. The van der Waals surface area contributed by atoms with Crippen molar-refractivity contribution in [2.24, 2.45) is 5.92 Å². The molecule has 0 bridgehead atoms. The molecule has 23 heavy (non-hydrogen) atoms. The minimum absolute atomic E-state index is 0.0477. The summed E-state index contributed by atoms with van der Waals surface area (Å²) in [6, 6.07) is 3.48. The molecule has 0 spiro atoms. The number of aromatic nitrogens is 2. The molecule has 7 heteroatoms. The molecule has 0 aliphatic carbocycles. The highest BCUT2D eigenvalue weighted by molar-refractivity contribution is 7.10. The number of hydrogen-bond donors (Lipinski definition) is 1. The lowest BCUT2D eigenvalue weighted by molar-refractivity contribution is -0.152. The molecule has 0 saturated carbocycles. The summed E-state index contributed by atoms with van der Waals surface area (Å²) in [4.78, 5) is 30.7. The standard InChI is InChI=1S/C16H19N3O3S/c20-14-5-4-12(16(21)22)15(13-3-1-10-23-13)19(14)8-2-7-18-9-6-17-11-18/h1,3,6,9-12,15H,2,4-5,7-8H2,(H,21,22)/t12-,15-/m1/s1. The summed E-state index contributed by atoms with van der Waals surface area (Å²) in [5, 5.41) is 11.5. The number of nitrogens with zero attached hydrogens (tertiary/aromatic N) is 3. The predicted molar refractivity (Wildman–Crippen MR) is 86.0 cm³/mol. The first kappa shape index (κ1) is 15.7. The molecule has 0 unspecified atom stereocenters. The van der Waals surface area contributed by atoms with E-state index in [-0.39, 0.29) is 11.9 Å². The normalized spacial score (nSPS) is 21.6. The monoisotopic (exact) mass is 333 g/mol. The van der Waals surface area contributed by atoms with Gasteiger partial charge in [-0.1, -0.05) is 6.07 Å². The highest BCUT2D eigenvalue weighted by Gasteiger charge is 2.40. The lowest BCUT2D eigenvalue weighted by Crippen LogP contribution is -2.45. The fraction of sp³-hybridized carbons (Fsp3) is 0.438. The number of imidazole rings is 1. The fourth-order valence-electron chi connectivity index (χ4n) is 3.13. The zero-order valence-electron chi connectivity index (χ0n) is 12.7. The molecule has 0 radical (unpaired) electrons. The first-order valence-corrected chi connectivity index (χ1v) is 8.56. The molecule has 122 valence electrons. The maximum atomic E-state index is 12.4. The Morgan fingerprint density at radius 2 is 2.30 bits per heavy atom. The van der Waals surface area contributed by atoms with E-state index in [2.05, 4.69) is 4.98 Å². The second-order valence-corrected chi connectivity index (χ2v) is 6.66. The summed E-state index contributed by atoms with van der Waals surface area (Å²) < 4.78 is 1.96. The molecule has 1 aliphatic heterocycles. The molecule has 6 nitrogen and oxygen atoms in total. The van der Waals surface area contributed by atoms with E-state index in [1.54, 1.807) is 17.4 Å². The Morgan fingerprint density at radius 1 is 1.43 bits per heavy atom. The number of thiophene rings is 1. The minimum Gasteiger partial charge on any atom is -0.481 e. The van der Waals surface area contributed by atoms with Gasteiger partial charge < -0.3 is 14.6 Å². The van der Waals surface area contributed by atoms with E-state index < -0.39 is 11.9 Å². The zero-order chi connectivity index (χ0) is 16.2. The van der Waals surface area contributed by atoms with Gasteiger partial charge in [-0.2, -0.15) is 0 Å². The molecule has 1 amide bonds. The van der Waals surface area contributed by atoms with Crippen LogP contribution in [-0.4, -0.2) is 38.0 Å². The number of carbonyl (C=O) groups is 2. The Hall–Kier alpha value is -2.15. The minimum atomic E-state index is -0.824. The first-order valence-electron chi connectivity index (χ1n) is 7.68. The second kappa shape index (κ2) is 6.95. The SMILES string of the molecule is O=C(O)[C@@H]1CCC(=O)N(CCCn2ccnc2)[C@H]1c1cccs1. The third kappa shape index (κ3) is 3.44. The number of likely N-dealkylation sites (tertiary alicyclic amines) is 1. The van der Waals surface area contributed by atoms with Gasteiger partial charge in [0.2, 0.25) is 5.91 Å². The van der Waals surface area contributed by atoms with Crippen LogP contribution in [0.2, 0.25) is 0 Å². The summed E-state index contributed by atoms with van der Waals surface area (Å²) >= 11 is 1.52. The van der Waals surface area contributed by atoms with Crippen LogP contribution in [0.25, 0.3) is 0 Å². The summed E-state index contributed by atoms with van der Waals surface area (Å²) in [7, 11) is 0. The van der Waals surface area contributed by atoms with Crippen molar-refractivity contribution >= 4 is 23.2 Å². The van der Waals surface area contributed by atoms with Gasteiger partial charge in [0.15, 0.2) is 0 Å². The van der Waals surface area contributed by atoms with Crippen molar-refractivity contribution in [2.75, 3.05) is 6.54 Å². The lowest BCUT2D eigenvalue weighted by Gasteiger charge is -2.39. The van der Waals surface area contributed by atoms with E-state index in [0.29, 0.717) is 19.4 Å². The van der Waals surface area contributed by atoms with Gasteiger partial charge in [0.1, 0.15) is 0 Å². The Labute approximate surface area is 138 Å². The summed E-state index contributed by atoms with van der Waals surface area (Å²) in [5.74, 6) is -1.30. The molecule has 2 aromatic heterocycles. The van der Waals surface area contributed by atoms with Crippen molar-refractivity contribution in [3.05, 3.63) is 41.1 Å². The molecule has 2 atom stereocenters. The fourth-order valence-corrected chi connectivity index (χ4v) is 4.03. The van der Waals surface area contributed by atoms with Crippen molar-refractivity contribution in [3.8, 4) is 0 Å². The van der Waals surface area contributed by atoms with Crippen LogP contribution in [-0.2, 0) is 16.1 Å². The van der Waals surface area contributed by atoms with Gasteiger partial charge in [0.25, 0.3) is 0 Å². The van der Waals surface area contributed by atoms with E-state index in [4.69, 9.17) is 0 Å². The third-order valence-corrected chi connectivity index (χ3v) is 5.18. The van der Waals surface area contributed by atoms with Crippen LogP contribution in [0, 0.1) is 5.92 Å². The number of aliphatic carboxylic acids is 1. The molecule has 3 heterocycles. The van der Waals surface area contributed by atoms with Gasteiger partial charge in [0.05, 0.1) is 18.3 Å². The summed E-state index contributed by atoms with van der Waals surface area (Å²) in [6.45, 7) is 1.32. The van der Waals surface area contributed by atoms with E-state index in [9.17, 15) is 14.7 Å². The highest BCUT2D eigenvalue weighted by Crippen LogP contribution is 2.38. The number of carbonyl (C=O) groups excluding carboxylic acids is 1. The number of amides is 1. The van der Waals surface area contributed by atoms with Crippen LogP contribution < -0.4 is 0 Å². The molecule has 1 fully saturated rings. The van der Waals surface area contributed by atoms with Crippen LogP contribution in [0.5, 0.6) is 0 Å². The number of piperidine rings is 1. The maximum absolute atomic E-state index is 12.4. The molecule has 0 aromatic carbocycles. The Kier molecular flexibility index (Phi) is 4.76. The largest absolute Gasteiger partial charge is 0.481 e. The maximum Gasteiger partial charge on any atom is 0.308 e. The van der Waals surface area contributed by atoms with Gasteiger partial charge in [-0.15, -0.1) is 11.3 Å². The van der Waals surface area contributed by atoms with Crippen molar-refractivity contribution in [1.82, 2.24) is 14.5 Å². The Balaban J connectivity index is 1.75. The molecule has 2 aromatic rings. The number of rotatable bonds is 6. The van der Waals surface area contributed by atoms with Crippen molar-refractivity contribution in [1.29, 1.82) is 0 Å². The van der Waals surface area contributed by atoms with Gasteiger partial charge >= 0.3 is 5.97 Å². The predicted octanol–water partition coefficient (Wildman–Crippen LogP) is 2.40. The second-order valence-electron chi connectivity index (χ2n) is 5.68. The molecular weight excluding hydrogens is 314 g/mol. The van der Waals surface area contributed by atoms with Gasteiger partial charge in [-0.3, -0.25) is 9.59 Å². The third-order valence-electron chi connectivity index (χ3n) is 4.23. The quantitative estimate of drug-likeness (QED) is 0.881. The molecular formula is C16H19N3O3S. The van der Waals surface area contributed by atoms with Crippen LogP contribution in [0.15, 0.2) is 36.2 Å². The van der Waals surface area contributed by atoms with Crippen LogP contribution in [0.3, 0.4) is 0 Å². The summed E-state index contributed by atoms with van der Waals surface area (Å²) in [6.07, 6.45) is 6.85. The number of carboxylic acid groups (broad SMARTS) is 1. The van der Waals surface area contributed by atoms with Crippen molar-refractivity contribution in [2.45, 2.75) is 31.8 Å². The van der Waals surface area contributed by atoms with E-state index in [1.165, 1.54) is 11.3 Å². The van der Waals surface area contributed by atoms with Crippen LogP contribution in [0.1, 0.15) is 30.2 Å². The molecule has 1 aliphatic rings. The number of aryl methyl sites for hydroxylation is 1.